The van der Waals surface area contributed by atoms with E-state index in [0.29, 0.717) is 6.42 Å². The Hall–Kier alpha value is -1.77. The van der Waals surface area contributed by atoms with Gasteiger partial charge in [0.1, 0.15) is 0 Å². The molecule has 0 saturated heterocycles. The van der Waals surface area contributed by atoms with E-state index in [-0.39, 0.29) is 5.91 Å². The van der Waals surface area contributed by atoms with E-state index < -0.39 is 0 Å². The number of rotatable bonds is 8. The second-order valence-corrected chi connectivity index (χ2v) is 4.79. The highest BCUT2D eigenvalue weighted by Crippen LogP contribution is 2.11. The zero-order valence-electron chi connectivity index (χ0n) is 12.9. The second kappa shape index (κ2) is 9.18. The maximum atomic E-state index is 11.8. The fourth-order valence-electron chi connectivity index (χ4n) is 2.09. The summed E-state index contributed by atoms with van der Waals surface area (Å²) in [6.45, 7) is 5.66. The monoisotopic (exact) mass is 274 g/mol. The van der Waals surface area contributed by atoms with Crippen LogP contribution in [0.2, 0.25) is 0 Å². The molecule has 0 atom stereocenters. The molecule has 0 aromatic heterocycles. The Morgan fingerprint density at radius 1 is 1.15 bits per heavy atom. The van der Waals surface area contributed by atoms with Crippen LogP contribution in [0.15, 0.2) is 42.6 Å². The van der Waals surface area contributed by atoms with Crippen molar-refractivity contribution in [2.75, 3.05) is 25.0 Å². The summed E-state index contributed by atoms with van der Waals surface area (Å²) < 4.78 is 0. The predicted octanol–water partition coefficient (Wildman–Crippen LogP) is 3.68. The highest BCUT2D eigenvalue weighted by molar-refractivity contribution is 5.76. The molecule has 1 amide bonds. The zero-order valence-corrected chi connectivity index (χ0v) is 12.9. The van der Waals surface area contributed by atoms with E-state index in [1.165, 1.54) is 5.69 Å². The molecule has 3 heteroatoms. The molecule has 0 aliphatic rings. The van der Waals surface area contributed by atoms with Gasteiger partial charge in [-0.1, -0.05) is 24.3 Å². The summed E-state index contributed by atoms with van der Waals surface area (Å²) in [5.41, 5.74) is 1.17. The van der Waals surface area contributed by atoms with Crippen LogP contribution in [0.5, 0.6) is 0 Å². The summed E-state index contributed by atoms with van der Waals surface area (Å²) in [4.78, 5) is 15.8. The number of para-hydroxylation sites is 1. The van der Waals surface area contributed by atoms with Crippen molar-refractivity contribution >= 4 is 11.6 Å². The van der Waals surface area contributed by atoms with Crippen molar-refractivity contribution in [3.63, 3.8) is 0 Å². The van der Waals surface area contributed by atoms with Gasteiger partial charge in [0.05, 0.1) is 0 Å². The lowest BCUT2D eigenvalue weighted by Crippen LogP contribution is -2.30. The Morgan fingerprint density at radius 2 is 1.80 bits per heavy atom. The molecular weight excluding hydrogens is 248 g/mol. The summed E-state index contributed by atoms with van der Waals surface area (Å²) in [5, 5.41) is 0. The van der Waals surface area contributed by atoms with Gasteiger partial charge >= 0.3 is 0 Å². The number of hydrogen-bond donors (Lipinski definition) is 0. The number of allylic oxidation sites excluding steroid dienone is 1. The lowest BCUT2D eigenvalue weighted by Gasteiger charge is -2.18. The Bertz CT molecular complexity index is 410. The predicted molar refractivity (Wildman–Crippen MR) is 85.8 cm³/mol. The van der Waals surface area contributed by atoms with Gasteiger partial charge in [0.2, 0.25) is 5.91 Å². The number of anilines is 1. The lowest BCUT2D eigenvalue weighted by molar-refractivity contribution is -0.130. The Kier molecular flexibility index (Phi) is 7.48. The first kappa shape index (κ1) is 16.3. The van der Waals surface area contributed by atoms with Crippen molar-refractivity contribution in [1.82, 2.24) is 4.90 Å². The number of benzene rings is 1. The van der Waals surface area contributed by atoms with E-state index in [1.807, 2.05) is 44.0 Å². The van der Waals surface area contributed by atoms with Gasteiger partial charge in [-0.15, -0.1) is 0 Å². The second-order valence-electron chi connectivity index (χ2n) is 4.79. The van der Waals surface area contributed by atoms with Crippen molar-refractivity contribution in [3.05, 3.63) is 42.6 Å². The van der Waals surface area contributed by atoms with E-state index >= 15 is 0 Å². The van der Waals surface area contributed by atoms with Gasteiger partial charge in [0, 0.05) is 32.2 Å². The lowest BCUT2D eigenvalue weighted by atomic mass is 10.2. The fraction of sp³-hybridized carbons (Fsp3) is 0.471. The van der Waals surface area contributed by atoms with E-state index in [4.69, 9.17) is 0 Å². The highest BCUT2D eigenvalue weighted by Gasteiger charge is 2.07. The van der Waals surface area contributed by atoms with Crippen molar-refractivity contribution in [1.29, 1.82) is 0 Å². The topological polar surface area (TPSA) is 23.6 Å². The van der Waals surface area contributed by atoms with Crippen molar-refractivity contribution in [3.8, 4) is 0 Å². The molecule has 0 N–H and O–H groups in total. The summed E-state index contributed by atoms with van der Waals surface area (Å²) in [6.07, 6.45) is 6.68. The smallest absolute Gasteiger partial charge is 0.222 e. The molecule has 1 aromatic carbocycles. The average Bonchev–Trinajstić information content (AvgIpc) is 2.49. The molecule has 1 aromatic rings. The maximum Gasteiger partial charge on any atom is 0.222 e. The normalized spacial score (nSPS) is 10.8. The van der Waals surface area contributed by atoms with Gasteiger partial charge in [0.15, 0.2) is 0 Å². The SMILES string of the molecule is CCN(CC)C(=O)CCC/C=C/N(C)c1ccccc1. The Balaban J connectivity index is 2.27. The number of amides is 1. The van der Waals surface area contributed by atoms with Crippen LogP contribution in [0.3, 0.4) is 0 Å². The first-order valence-corrected chi connectivity index (χ1v) is 7.41. The van der Waals surface area contributed by atoms with E-state index in [1.54, 1.807) is 0 Å². The minimum absolute atomic E-state index is 0.264. The number of hydrogen-bond acceptors (Lipinski definition) is 2. The molecule has 0 unspecified atom stereocenters. The third kappa shape index (κ3) is 5.47. The Labute approximate surface area is 122 Å². The first-order chi connectivity index (χ1) is 9.69. The first-order valence-electron chi connectivity index (χ1n) is 7.41. The van der Waals surface area contributed by atoms with Crippen molar-refractivity contribution in [2.24, 2.45) is 0 Å². The average molecular weight is 274 g/mol. The molecule has 1 rings (SSSR count). The molecule has 0 fully saturated rings. The zero-order chi connectivity index (χ0) is 14.8. The molecule has 0 saturated carbocycles. The van der Waals surface area contributed by atoms with Gasteiger partial charge < -0.3 is 9.80 Å². The summed E-state index contributed by atoms with van der Waals surface area (Å²) in [5.74, 6) is 0.264. The summed E-state index contributed by atoms with van der Waals surface area (Å²) >= 11 is 0. The molecule has 3 nitrogen and oxygen atoms in total. The quantitative estimate of drug-likeness (QED) is 0.675. The molecule has 20 heavy (non-hydrogen) atoms. The molecule has 110 valence electrons. The van der Waals surface area contributed by atoms with Crippen molar-refractivity contribution in [2.45, 2.75) is 33.1 Å². The fourth-order valence-corrected chi connectivity index (χ4v) is 2.09. The molecule has 0 heterocycles. The molecule has 0 radical (unpaired) electrons. The number of nitrogens with zero attached hydrogens (tertiary/aromatic N) is 2. The number of carbonyl (C=O) groups is 1. The summed E-state index contributed by atoms with van der Waals surface area (Å²) in [7, 11) is 2.03. The molecular formula is C17H26N2O. The van der Waals surface area contributed by atoms with E-state index in [9.17, 15) is 4.79 Å². The number of unbranched alkanes of at least 4 members (excludes halogenated alkanes) is 1. The number of carbonyl (C=O) groups excluding carboxylic acids is 1. The van der Waals surface area contributed by atoms with Gasteiger partial charge in [-0.05, 0) is 45.0 Å². The van der Waals surface area contributed by atoms with Gasteiger partial charge in [-0.3, -0.25) is 4.79 Å². The molecule has 0 aliphatic heterocycles. The van der Waals surface area contributed by atoms with Gasteiger partial charge in [-0.25, -0.2) is 0 Å². The van der Waals surface area contributed by atoms with E-state index in [0.717, 1.165) is 25.9 Å². The van der Waals surface area contributed by atoms with Crippen LogP contribution in [0.4, 0.5) is 5.69 Å². The van der Waals surface area contributed by atoms with Crippen LogP contribution in [0.25, 0.3) is 0 Å². The van der Waals surface area contributed by atoms with Gasteiger partial charge in [0.25, 0.3) is 0 Å². The molecule has 0 spiro atoms. The highest BCUT2D eigenvalue weighted by atomic mass is 16.2. The van der Waals surface area contributed by atoms with E-state index in [2.05, 4.69) is 29.3 Å². The van der Waals surface area contributed by atoms with Crippen LogP contribution in [-0.4, -0.2) is 30.9 Å². The Morgan fingerprint density at radius 3 is 2.40 bits per heavy atom. The molecule has 0 aliphatic carbocycles. The molecule has 0 bridgehead atoms. The third-order valence-corrected chi connectivity index (χ3v) is 3.37. The van der Waals surface area contributed by atoms with Crippen LogP contribution >= 0.6 is 0 Å². The van der Waals surface area contributed by atoms with Gasteiger partial charge in [-0.2, -0.15) is 0 Å². The van der Waals surface area contributed by atoms with Crippen molar-refractivity contribution < 1.29 is 4.79 Å². The largest absolute Gasteiger partial charge is 0.351 e. The van der Waals surface area contributed by atoms with Crippen LogP contribution in [0, 0.1) is 0 Å². The standard InChI is InChI=1S/C17H26N2O/c1-4-19(5-2)17(20)14-10-7-11-15-18(3)16-12-8-6-9-13-16/h6,8-9,11-13,15H,4-5,7,10,14H2,1-3H3/b15-11+. The van der Waals surface area contributed by atoms with Crippen LogP contribution in [-0.2, 0) is 4.79 Å². The minimum atomic E-state index is 0.264. The summed E-state index contributed by atoms with van der Waals surface area (Å²) in [6, 6.07) is 10.2. The maximum absolute atomic E-state index is 11.8. The minimum Gasteiger partial charge on any atom is -0.351 e. The van der Waals surface area contributed by atoms with Crippen LogP contribution < -0.4 is 4.90 Å². The van der Waals surface area contributed by atoms with Crippen LogP contribution in [0.1, 0.15) is 33.1 Å². The third-order valence-electron chi connectivity index (χ3n) is 3.37.